The predicted molar refractivity (Wildman–Crippen MR) is 53.6 cm³/mol. The molecule has 1 heterocycles. The van der Waals surface area contributed by atoms with E-state index in [1.165, 1.54) is 0 Å². The first kappa shape index (κ1) is 13.8. The van der Waals surface area contributed by atoms with Crippen LogP contribution in [0.5, 0.6) is 0 Å². The van der Waals surface area contributed by atoms with Crippen LogP contribution in [0.4, 0.5) is 8.78 Å². The Bertz CT molecular complexity index is 141. The number of hydrogen-bond acceptors (Lipinski definition) is 2. The minimum atomic E-state index is -2.26. The van der Waals surface area contributed by atoms with Gasteiger partial charge in [-0.3, -0.25) is 4.90 Å². The van der Waals surface area contributed by atoms with E-state index in [-0.39, 0.29) is 6.54 Å². The van der Waals surface area contributed by atoms with Crippen LogP contribution in [0, 0.1) is 0 Å². The van der Waals surface area contributed by atoms with Crippen molar-refractivity contribution < 1.29 is 13.9 Å². The minimum absolute atomic E-state index is 0.157. The monoisotopic (exact) mass is 209 g/mol. The van der Waals surface area contributed by atoms with Crippen LogP contribution in [-0.4, -0.2) is 41.7 Å². The highest BCUT2D eigenvalue weighted by molar-refractivity contribution is 4.81. The van der Waals surface area contributed by atoms with E-state index in [2.05, 4.69) is 0 Å². The number of aliphatic hydroxyl groups is 1. The van der Waals surface area contributed by atoms with Crippen LogP contribution < -0.4 is 0 Å². The number of likely N-dealkylation sites (tertiary alicyclic amines) is 1. The van der Waals surface area contributed by atoms with Gasteiger partial charge in [-0.2, -0.15) is 0 Å². The van der Waals surface area contributed by atoms with Gasteiger partial charge in [0.25, 0.3) is 6.43 Å². The molecule has 0 amide bonds. The summed E-state index contributed by atoms with van der Waals surface area (Å²) < 4.78 is 23.8. The van der Waals surface area contributed by atoms with Crippen LogP contribution in [0.1, 0.15) is 33.6 Å². The van der Waals surface area contributed by atoms with Gasteiger partial charge >= 0.3 is 0 Å². The molecule has 0 spiro atoms. The largest absolute Gasteiger partial charge is 0.390 e. The van der Waals surface area contributed by atoms with E-state index in [1.807, 2.05) is 13.8 Å². The summed E-state index contributed by atoms with van der Waals surface area (Å²) >= 11 is 0. The number of nitrogens with zero attached hydrogens (tertiary/aromatic N) is 1. The highest BCUT2D eigenvalue weighted by Crippen LogP contribution is 2.21. The van der Waals surface area contributed by atoms with Crippen molar-refractivity contribution in [3.05, 3.63) is 0 Å². The number of rotatable bonds is 2. The van der Waals surface area contributed by atoms with Gasteiger partial charge in [0.2, 0.25) is 0 Å². The Morgan fingerprint density at radius 3 is 2.07 bits per heavy atom. The highest BCUT2D eigenvalue weighted by atomic mass is 19.3. The Morgan fingerprint density at radius 2 is 1.71 bits per heavy atom. The summed E-state index contributed by atoms with van der Waals surface area (Å²) in [5.74, 6) is 0. The van der Waals surface area contributed by atoms with Gasteiger partial charge in [-0.25, -0.2) is 8.78 Å². The molecule has 1 aliphatic rings. The maximum atomic E-state index is 11.9. The first-order chi connectivity index (χ1) is 6.49. The Labute approximate surface area is 84.9 Å². The molecule has 4 heteroatoms. The van der Waals surface area contributed by atoms with Crippen molar-refractivity contribution in [3.8, 4) is 0 Å². The molecule has 86 valence electrons. The van der Waals surface area contributed by atoms with Gasteiger partial charge in [0.15, 0.2) is 0 Å². The average Bonchev–Trinajstić information content (AvgIpc) is 2.12. The van der Waals surface area contributed by atoms with Crippen molar-refractivity contribution in [3.63, 3.8) is 0 Å². The lowest BCUT2D eigenvalue weighted by atomic mass is 9.94. The standard InChI is InChI=1S/C8H15F2NO.C2H6/c1-8(12)2-4-11(5-3-8)6-7(9)10;1-2/h7,12H,2-6H2,1H3;1-2H3. The Balaban J connectivity index is 0.000000791. The fourth-order valence-corrected chi connectivity index (χ4v) is 1.41. The third-order valence-corrected chi connectivity index (χ3v) is 2.33. The van der Waals surface area contributed by atoms with Gasteiger partial charge in [0, 0.05) is 13.1 Å². The molecule has 0 bridgehead atoms. The van der Waals surface area contributed by atoms with Crippen LogP contribution in [0.25, 0.3) is 0 Å². The first-order valence-corrected chi connectivity index (χ1v) is 5.22. The lowest BCUT2D eigenvalue weighted by Crippen LogP contribution is -2.44. The lowest BCUT2D eigenvalue weighted by Gasteiger charge is -2.35. The van der Waals surface area contributed by atoms with Crippen molar-refractivity contribution in [2.24, 2.45) is 0 Å². The topological polar surface area (TPSA) is 23.5 Å². The zero-order valence-electron chi connectivity index (χ0n) is 9.26. The van der Waals surface area contributed by atoms with Gasteiger partial charge in [-0.1, -0.05) is 13.8 Å². The minimum Gasteiger partial charge on any atom is -0.390 e. The molecule has 2 nitrogen and oxygen atoms in total. The third-order valence-electron chi connectivity index (χ3n) is 2.33. The molecule has 0 unspecified atom stereocenters. The van der Waals surface area contributed by atoms with Crippen molar-refractivity contribution in [1.82, 2.24) is 4.90 Å². The van der Waals surface area contributed by atoms with Crippen molar-refractivity contribution in [2.45, 2.75) is 45.6 Å². The predicted octanol–water partition coefficient (Wildman–Crippen LogP) is 2.12. The van der Waals surface area contributed by atoms with Crippen LogP contribution in [0.3, 0.4) is 0 Å². The molecule has 0 radical (unpaired) electrons. The van der Waals surface area contributed by atoms with Gasteiger partial charge in [0.05, 0.1) is 12.1 Å². The molecule has 1 N–H and O–H groups in total. The Hall–Kier alpha value is -0.220. The van der Waals surface area contributed by atoms with E-state index >= 15 is 0 Å². The lowest BCUT2D eigenvalue weighted by molar-refractivity contribution is -0.0199. The Morgan fingerprint density at radius 1 is 1.29 bits per heavy atom. The molecule has 1 saturated heterocycles. The highest BCUT2D eigenvalue weighted by Gasteiger charge is 2.28. The van der Waals surface area contributed by atoms with Crippen molar-refractivity contribution >= 4 is 0 Å². The molecule has 1 fully saturated rings. The average molecular weight is 209 g/mol. The number of halogens is 2. The fraction of sp³-hybridized carbons (Fsp3) is 1.00. The van der Waals surface area contributed by atoms with Gasteiger partial charge in [-0.05, 0) is 19.8 Å². The molecule has 0 aromatic carbocycles. The van der Waals surface area contributed by atoms with E-state index in [0.29, 0.717) is 25.9 Å². The van der Waals surface area contributed by atoms with E-state index < -0.39 is 12.0 Å². The normalized spacial score (nSPS) is 21.6. The molecule has 0 aliphatic carbocycles. The van der Waals surface area contributed by atoms with E-state index in [1.54, 1.807) is 11.8 Å². The quantitative estimate of drug-likeness (QED) is 0.753. The Kier molecular flexibility index (Phi) is 6.20. The molecule has 1 aliphatic heterocycles. The molecule has 0 aromatic heterocycles. The summed E-state index contributed by atoms with van der Waals surface area (Å²) in [5.41, 5.74) is -0.640. The van der Waals surface area contributed by atoms with Crippen LogP contribution in [0.15, 0.2) is 0 Å². The maximum absolute atomic E-state index is 11.9. The molecular weight excluding hydrogens is 188 g/mol. The summed E-state index contributed by atoms with van der Waals surface area (Å²) in [4.78, 5) is 1.70. The van der Waals surface area contributed by atoms with E-state index in [4.69, 9.17) is 0 Å². The van der Waals surface area contributed by atoms with Crippen LogP contribution >= 0.6 is 0 Å². The molecule has 0 atom stereocenters. The summed E-state index contributed by atoms with van der Waals surface area (Å²) in [6.07, 6.45) is -1.06. The summed E-state index contributed by atoms with van der Waals surface area (Å²) in [6, 6.07) is 0. The molecule has 0 aromatic rings. The van der Waals surface area contributed by atoms with Crippen LogP contribution in [-0.2, 0) is 0 Å². The smallest absolute Gasteiger partial charge is 0.251 e. The zero-order chi connectivity index (χ0) is 11.2. The van der Waals surface area contributed by atoms with Gasteiger partial charge in [-0.15, -0.1) is 0 Å². The second-order valence-electron chi connectivity index (χ2n) is 3.69. The third kappa shape index (κ3) is 5.50. The van der Waals surface area contributed by atoms with Crippen molar-refractivity contribution in [2.75, 3.05) is 19.6 Å². The van der Waals surface area contributed by atoms with E-state index in [0.717, 1.165) is 0 Å². The summed E-state index contributed by atoms with van der Waals surface area (Å²) in [5, 5.41) is 9.51. The SMILES string of the molecule is CC.CC1(O)CCN(CC(F)F)CC1. The van der Waals surface area contributed by atoms with Crippen molar-refractivity contribution in [1.29, 1.82) is 0 Å². The van der Waals surface area contributed by atoms with Crippen LogP contribution in [0.2, 0.25) is 0 Å². The number of piperidine rings is 1. The second-order valence-corrected chi connectivity index (χ2v) is 3.69. The summed E-state index contributed by atoms with van der Waals surface area (Å²) in [6.45, 7) is 6.76. The summed E-state index contributed by atoms with van der Waals surface area (Å²) in [7, 11) is 0. The second kappa shape index (κ2) is 6.30. The van der Waals surface area contributed by atoms with Gasteiger partial charge < -0.3 is 5.11 Å². The zero-order valence-corrected chi connectivity index (χ0v) is 9.26. The molecular formula is C10H21F2NO. The first-order valence-electron chi connectivity index (χ1n) is 5.22. The number of alkyl halides is 2. The maximum Gasteiger partial charge on any atom is 0.251 e. The van der Waals surface area contributed by atoms with E-state index in [9.17, 15) is 13.9 Å². The molecule has 1 rings (SSSR count). The van der Waals surface area contributed by atoms with Gasteiger partial charge in [0.1, 0.15) is 0 Å². The number of hydrogen-bond donors (Lipinski definition) is 1. The molecule has 14 heavy (non-hydrogen) atoms. The fourth-order valence-electron chi connectivity index (χ4n) is 1.41. The molecule has 0 saturated carbocycles.